The number of rotatable bonds is 5. The Kier molecular flexibility index (Phi) is 3.86. The lowest BCUT2D eigenvalue weighted by Crippen LogP contribution is -2.67. The maximum absolute atomic E-state index is 13.7. The predicted molar refractivity (Wildman–Crippen MR) is 110 cm³/mol. The molecule has 3 aliphatic heterocycles. The van der Waals surface area contributed by atoms with Crippen LogP contribution in [0.1, 0.15) is 38.3 Å². The number of hydrogen-bond donors (Lipinski definition) is 2. The fourth-order valence-electron chi connectivity index (χ4n) is 5.01. The van der Waals surface area contributed by atoms with Crippen LogP contribution in [-0.2, 0) is 4.74 Å². The summed E-state index contributed by atoms with van der Waals surface area (Å²) >= 11 is 0. The maximum atomic E-state index is 13.7. The SMILES string of the molecule is CCCCNC1c2ccccc2N2C(=O)N(c3ccccc3)C3(C)OC(=O)NC123. The van der Waals surface area contributed by atoms with E-state index in [0.29, 0.717) is 5.69 Å². The van der Waals surface area contributed by atoms with Crippen molar-refractivity contribution < 1.29 is 14.3 Å². The molecule has 7 heteroatoms. The number of amides is 3. The number of anilines is 2. The summed E-state index contributed by atoms with van der Waals surface area (Å²) in [5.74, 6) is 0. The third-order valence-corrected chi connectivity index (χ3v) is 6.25. The number of alkyl carbamates (subject to hydrolysis) is 1. The highest BCUT2D eigenvalue weighted by Gasteiger charge is 2.78. The first-order valence-electron chi connectivity index (χ1n) is 10.1. The molecule has 3 heterocycles. The third-order valence-electron chi connectivity index (χ3n) is 6.25. The highest BCUT2D eigenvalue weighted by molar-refractivity contribution is 6.12. The second-order valence-electron chi connectivity index (χ2n) is 7.85. The molecule has 1 spiro atoms. The van der Waals surface area contributed by atoms with Crippen molar-refractivity contribution in [3.63, 3.8) is 0 Å². The summed E-state index contributed by atoms with van der Waals surface area (Å²) in [7, 11) is 0. The number of benzene rings is 2. The van der Waals surface area contributed by atoms with Gasteiger partial charge in [-0.1, -0.05) is 49.7 Å². The first kappa shape index (κ1) is 18.0. The highest BCUT2D eigenvalue weighted by Crippen LogP contribution is 2.59. The van der Waals surface area contributed by atoms with Gasteiger partial charge in [-0.2, -0.15) is 0 Å². The van der Waals surface area contributed by atoms with Gasteiger partial charge in [-0.05, 0) is 36.7 Å². The van der Waals surface area contributed by atoms with Crippen molar-refractivity contribution in [2.75, 3.05) is 16.3 Å². The van der Waals surface area contributed by atoms with Crippen LogP contribution in [0.3, 0.4) is 0 Å². The molecule has 5 rings (SSSR count). The largest absolute Gasteiger partial charge is 0.418 e. The topological polar surface area (TPSA) is 73.9 Å². The second-order valence-corrected chi connectivity index (χ2v) is 7.85. The van der Waals surface area contributed by atoms with Crippen molar-refractivity contribution in [3.05, 3.63) is 60.2 Å². The molecule has 3 aliphatic rings. The molecule has 3 amide bonds. The molecule has 2 aromatic rings. The van der Waals surface area contributed by atoms with Gasteiger partial charge in [0.05, 0.1) is 11.7 Å². The molecule has 7 nitrogen and oxygen atoms in total. The number of carbonyl (C=O) groups excluding carboxylic acids is 2. The summed E-state index contributed by atoms with van der Waals surface area (Å²) in [6, 6.07) is 16.7. The molecule has 29 heavy (non-hydrogen) atoms. The first-order chi connectivity index (χ1) is 14.0. The van der Waals surface area contributed by atoms with Gasteiger partial charge in [0, 0.05) is 12.6 Å². The third kappa shape index (κ3) is 2.16. The summed E-state index contributed by atoms with van der Waals surface area (Å²) in [5.41, 5.74) is 0.179. The minimum absolute atomic E-state index is 0.217. The zero-order valence-corrected chi connectivity index (χ0v) is 16.5. The molecule has 0 bridgehead atoms. The average Bonchev–Trinajstić information content (AvgIpc) is 3.20. The summed E-state index contributed by atoms with van der Waals surface area (Å²) in [6.07, 6.45) is 1.52. The van der Waals surface area contributed by atoms with Gasteiger partial charge in [0.15, 0.2) is 0 Å². The first-order valence-corrected chi connectivity index (χ1v) is 10.1. The van der Waals surface area contributed by atoms with E-state index in [4.69, 9.17) is 4.74 Å². The molecule has 0 radical (unpaired) electrons. The number of para-hydroxylation sites is 2. The predicted octanol–water partition coefficient (Wildman–Crippen LogP) is 3.73. The number of fused-ring (bicyclic) bond motifs is 2. The number of ether oxygens (including phenoxy) is 1. The molecule has 150 valence electrons. The lowest BCUT2D eigenvalue weighted by atomic mass is 9.88. The molecule has 2 fully saturated rings. The van der Waals surface area contributed by atoms with E-state index in [9.17, 15) is 9.59 Å². The van der Waals surface area contributed by atoms with E-state index in [2.05, 4.69) is 17.6 Å². The lowest BCUT2D eigenvalue weighted by molar-refractivity contribution is 0.0271. The Morgan fingerprint density at radius 2 is 1.79 bits per heavy atom. The number of nitrogens with one attached hydrogen (secondary N) is 2. The molecule has 0 aliphatic carbocycles. The molecule has 2 aromatic carbocycles. The van der Waals surface area contributed by atoms with Gasteiger partial charge in [-0.15, -0.1) is 0 Å². The van der Waals surface area contributed by atoms with Crippen LogP contribution in [0.25, 0.3) is 0 Å². The van der Waals surface area contributed by atoms with Crippen LogP contribution < -0.4 is 20.4 Å². The monoisotopic (exact) mass is 392 g/mol. The summed E-state index contributed by atoms with van der Waals surface area (Å²) in [5, 5.41) is 6.62. The van der Waals surface area contributed by atoms with E-state index in [1.807, 2.05) is 61.5 Å². The van der Waals surface area contributed by atoms with Crippen LogP contribution in [0.5, 0.6) is 0 Å². The van der Waals surface area contributed by atoms with Crippen LogP contribution >= 0.6 is 0 Å². The Labute approximate surface area is 169 Å². The molecule has 3 atom stereocenters. The molecule has 0 saturated carbocycles. The minimum Gasteiger partial charge on any atom is -0.418 e. The Morgan fingerprint density at radius 1 is 1.07 bits per heavy atom. The van der Waals surface area contributed by atoms with Gasteiger partial charge < -0.3 is 10.1 Å². The molecular formula is C22H24N4O3. The fraction of sp³-hybridized carbons (Fsp3) is 0.364. The Hall–Kier alpha value is -3.06. The van der Waals surface area contributed by atoms with Crippen LogP contribution in [0.4, 0.5) is 21.0 Å². The van der Waals surface area contributed by atoms with Crippen molar-refractivity contribution in [1.29, 1.82) is 0 Å². The van der Waals surface area contributed by atoms with Gasteiger partial charge in [0.1, 0.15) is 0 Å². The number of hydrogen-bond acceptors (Lipinski definition) is 4. The number of unbranched alkanes of at least 4 members (excludes halogenated alkanes) is 1. The number of nitrogens with zero attached hydrogens (tertiary/aromatic N) is 2. The Morgan fingerprint density at radius 3 is 2.55 bits per heavy atom. The molecule has 2 N–H and O–H groups in total. The minimum atomic E-state index is -1.22. The van der Waals surface area contributed by atoms with Crippen molar-refractivity contribution >= 4 is 23.5 Å². The molecule has 2 saturated heterocycles. The standard InChI is InChI=1S/C22H24N4O3/c1-3-4-14-23-18-16-12-8-9-13-17(16)26-20(28)25(15-10-6-5-7-11-15)21(2)22(18,26)24-19(27)29-21/h5-13,18,23H,3-4,14H2,1-2H3,(H,24,27). The highest BCUT2D eigenvalue weighted by atomic mass is 16.6. The van der Waals surface area contributed by atoms with E-state index in [1.165, 1.54) is 0 Å². The van der Waals surface area contributed by atoms with Crippen LogP contribution in [-0.4, -0.2) is 30.1 Å². The quantitative estimate of drug-likeness (QED) is 0.761. The summed E-state index contributed by atoms with van der Waals surface area (Å²) in [4.78, 5) is 29.6. The zero-order chi connectivity index (χ0) is 20.2. The molecule has 0 aromatic heterocycles. The van der Waals surface area contributed by atoms with Gasteiger partial charge >= 0.3 is 12.1 Å². The molecular weight excluding hydrogens is 368 g/mol. The van der Waals surface area contributed by atoms with Crippen LogP contribution in [0.2, 0.25) is 0 Å². The van der Waals surface area contributed by atoms with E-state index < -0.39 is 17.5 Å². The van der Waals surface area contributed by atoms with Crippen molar-refractivity contribution in [1.82, 2.24) is 10.6 Å². The van der Waals surface area contributed by atoms with Crippen molar-refractivity contribution in [2.24, 2.45) is 0 Å². The zero-order valence-electron chi connectivity index (χ0n) is 16.5. The second kappa shape index (κ2) is 6.22. The van der Waals surface area contributed by atoms with Gasteiger partial charge in [-0.3, -0.25) is 15.1 Å². The average molecular weight is 392 g/mol. The van der Waals surface area contributed by atoms with Crippen molar-refractivity contribution in [2.45, 2.75) is 44.1 Å². The fourth-order valence-corrected chi connectivity index (χ4v) is 5.01. The molecule has 3 unspecified atom stereocenters. The van der Waals surface area contributed by atoms with E-state index in [1.54, 1.807) is 9.80 Å². The Balaban J connectivity index is 1.71. The van der Waals surface area contributed by atoms with E-state index >= 15 is 0 Å². The Bertz CT molecular complexity index is 981. The lowest BCUT2D eigenvalue weighted by Gasteiger charge is -2.40. The normalized spacial score (nSPS) is 29.4. The van der Waals surface area contributed by atoms with Gasteiger partial charge in [0.2, 0.25) is 11.4 Å². The van der Waals surface area contributed by atoms with E-state index in [-0.39, 0.29) is 12.1 Å². The van der Waals surface area contributed by atoms with Crippen molar-refractivity contribution in [3.8, 4) is 0 Å². The number of urea groups is 1. The van der Waals surface area contributed by atoms with Crippen LogP contribution in [0, 0.1) is 0 Å². The summed E-state index contributed by atoms with van der Waals surface area (Å²) < 4.78 is 5.86. The smallest absolute Gasteiger partial charge is 0.411 e. The van der Waals surface area contributed by atoms with Crippen LogP contribution in [0.15, 0.2) is 54.6 Å². The van der Waals surface area contributed by atoms with E-state index in [0.717, 1.165) is 30.6 Å². The number of carbonyl (C=O) groups is 2. The van der Waals surface area contributed by atoms with Gasteiger partial charge in [-0.25, -0.2) is 9.59 Å². The van der Waals surface area contributed by atoms with Gasteiger partial charge in [0.25, 0.3) is 0 Å². The maximum Gasteiger partial charge on any atom is 0.411 e. The summed E-state index contributed by atoms with van der Waals surface area (Å²) in [6.45, 7) is 4.72.